The molecular formula is C32H37NO9. The molecule has 1 N–H and O–H groups in total. The summed E-state index contributed by atoms with van der Waals surface area (Å²) in [6.07, 6.45) is 0.312. The molecule has 1 aliphatic carbocycles. The number of allylic oxidation sites excluding steroid dienone is 3. The van der Waals surface area contributed by atoms with Gasteiger partial charge in [-0.1, -0.05) is 12.1 Å². The number of esters is 2. The van der Waals surface area contributed by atoms with Crippen LogP contribution in [0.15, 0.2) is 58.9 Å². The van der Waals surface area contributed by atoms with Crippen molar-refractivity contribution in [3.8, 4) is 23.0 Å². The van der Waals surface area contributed by atoms with Crippen LogP contribution in [0.2, 0.25) is 0 Å². The second-order valence-electron chi connectivity index (χ2n) is 9.85. The molecule has 0 spiro atoms. The first-order chi connectivity index (χ1) is 20.2. The number of dihydropyridines is 1. The fourth-order valence-electron chi connectivity index (χ4n) is 5.80. The minimum Gasteiger partial charge on any atom is -0.497 e. The first-order valence-corrected chi connectivity index (χ1v) is 13.8. The van der Waals surface area contributed by atoms with Gasteiger partial charge in [0, 0.05) is 28.8 Å². The van der Waals surface area contributed by atoms with Crippen molar-refractivity contribution in [3.63, 3.8) is 0 Å². The summed E-state index contributed by atoms with van der Waals surface area (Å²) in [5, 5.41) is 3.30. The normalized spacial score (nSPS) is 19.9. The van der Waals surface area contributed by atoms with E-state index in [1.807, 2.05) is 18.2 Å². The molecule has 1 aliphatic heterocycles. The lowest BCUT2D eigenvalue weighted by Crippen LogP contribution is -2.43. The first-order valence-electron chi connectivity index (χ1n) is 13.8. The van der Waals surface area contributed by atoms with Crippen molar-refractivity contribution in [3.05, 3.63) is 70.1 Å². The first kappa shape index (κ1) is 30.5. The molecule has 10 nitrogen and oxygen atoms in total. The standard InChI is InChI=1S/C32H37NO9/c1-8-41-31(35)25-17(3)33-22-16-21(18-11-10-12-20(13-18)37-4)27(32(36)42-9-2)29(34)28(22)26(25)19-14-23(38-5)30(40-7)24(15-19)39-6/h10-15,21,26-27,33H,8-9,16H2,1-7H3/t21-,26+,27-/m1/s1. The third-order valence-corrected chi connectivity index (χ3v) is 7.60. The van der Waals surface area contributed by atoms with E-state index in [4.69, 9.17) is 28.4 Å². The summed E-state index contributed by atoms with van der Waals surface area (Å²) < 4.78 is 33.0. The molecule has 2 aromatic carbocycles. The predicted octanol–water partition coefficient (Wildman–Crippen LogP) is 4.43. The van der Waals surface area contributed by atoms with Gasteiger partial charge >= 0.3 is 11.9 Å². The molecule has 0 unspecified atom stereocenters. The van der Waals surface area contributed by atoms with Crippen LogP contribution in [0.1, 0.15) is 50.2 Å². The van der Waals surface area contributed by atoms with Crippen LogP contribution in [-0.4, -0.2) is 59.4 Å². The molecule has 0 saturated carbocycles. The summed E-state index contributed by atoms with van der Waals surface area (Å²) >= 11 is 0. The molecule has 2 aliphatic rings. The molecule has 224 valence electrons. The van der Waals surface area contributed by atoms with Crippen LogP contribution in [0, 0.1) is 5.92 Å². The Morgan fingerprint density at radius 2 is 1.55 bits per heavy atom. The third-order valence-electron chi connectivity index (χ3n) is 7.60. The maximum absolute atomic E-state index is 14.6. The van der Waals surface area contributed by atoms with Gasteiger partial charge in [-0.3, -0.25) is 9.59 Å². The Labute approximate surface area is 245 Å². The molecule has 0 radical (unpaired) electrons. The number of hydrogen-bond acceptors (Lipinski definition) is 10. The molecule has 0 amide bonds. The Bertz CT molecular complexity index is 1420. The summed E-state index contributed by atoms with van der Waals surface area (Å²) in [6, 6.07) is 10.7. The minimum absolute atomic E-state index is 0.112. The minimum atomic E-state index is -1.15. The molecule has 0 saturated heterocycles. The lowest BCUT2D eigenvalue weighted by Gasteiger charge is -2.39. The van der Waals surface area contributed by atoms with Gasteiger partial charge in [-0.05, 0) is 62.6 Å². The van der Waals surface area contributed by atoms with E-state index < -0.39 is 35.5 Å². The number of hydrogen-bond donors (Lipinski definition) is 1. The van der Waals surface area contributed by atoms with Gasteiger partial charge in [-0.2, -0.15) is 0 Å². The average molecular weight is 580 g/mol. The van der Waals surface area contributed by atoms with Crippen LogP contribution >= 0.6 is 0 Å². The Morgan fingerprint density at radius 1 is 0.881 bits per heavy atom. The second-order valence-corrected chi connectivity index (χ2v) is 9.85. The number of ether oxygens (including phenoxy) is 6. The van der Waals surface area contributed by atoms with E-state index in [2.05, 4.69) is 5.32 Å². The molecule has 0 aromatic heterocycles. The van der Waals surface area contributed by atoms with Gasteiger partial charge in [0.15, 0.2) is 17.3 Å². The van der Waals surface area contributed by atoms with Crippen LogP contribution < -0.4 is 24.3 Å². The molecule has 4 rings (SSSR count). The van der Waals surface area contributed by atoms with E-state index in [-0.39, 0.29) is 24.4 Å². The second kappa shape index (κ2) is 13.0. The van der Waals surface area contributed by atoms with Crippen molar-refractivity contribution in [2.45, 2.75) is 39.0 Å². The molecule has 1 heterocycles. The SMILES string of the molecule is CCOC(=O)C1=C(C)NC2=C(C(=O)[C@H](C(=O)OCC)[C@@H](c3cccc(OC)c3)C2)[C@H]1c1cc(OC)c(OC)c(OC)c1. The summed E-state index contributed by atoms with van der Waals surface area (Å²) in [4.78, 5) is 41.5. The maximum atomic E-state index is 14.6. The molecule has 0 fully saturated rings. The Morgan fingerprint density at radius 3 is 2.12 bits per heavy atom. The van der Waals surface area contributed by atoms with Crippen molar-refractivity contribution in [2.75, 3.05) is 41.7 Å². The van der Waals surface area contributed by atoms with Crippen molar-refractivity contribution in [2.24, 2.45) is 5.92 Å². The van der Waals surface area contributed by atoms with E-state index >= 15 is 0 Å². The topological polar surface area (TPSA) is 119 Å². The summed E-state index contributed by atoms with van der Waals surface area (Å²) in [5.41, 5.74) is 2.99. The largest absolute Gasteiger partial charge is 0.497 e. The maximum Gasteiger partial charge on any atom is 0.336 e. The highest BCUT2D eigenvalue weighted by molar-refractivity contribution is 6.13. The molecule has 0 bridgehead atoms. The van der Waals surface area contributed by atoms with Crippen LogP contribution in [0.5, 0.6) is 23.0 Å². The van der Waals surface area contributed by atoms with Gasteiger partial charge in [0.25, 0.3) is 0 Å². The summed E-state index contributed by atoms with van der Waals surface area (Å²) in [6.45, 7) is 5.43. The summed E-state index contributed by atoms with van der Waals surface area (Å²) in [7, 11) is 6.03. The molecule has 3 atom stereocenters. The zero-order valence-electron chi connectivity index (χ0n) is 25.0. The Kier molecular flexibility index (Phi) is 9.45. The Balaban J connectivity index is 1.97. The van der Waals surface area contributed by atoms with Gasteiger partial charge in [0.2, 0.25) is 5.75 Å². The molecule has 2 aromatic rings. The van der Waals surface area contributed by atoms with Crippen molar-refractivity contribution >= 4 is 17.7 Å². The van der Waals surface area contributed by atoms with Crippen molar-refractivity contribution in [1.82, 2.24) is 5.32 Å². The van der Waals surface area contributed by atoms with Crippen molar-refractivity contribution < 1.29 is 42.8 Å². The van der Waals surface area contributed by atoms with E-state index in [9.17, 15) is 14.4 Å². The number of ketones is 1. The highest BCUT2D eigenvalue weighted by Crippen LogP contribution is 2.50. The number of methoxy groups -OCH3 is 4. The lowest BCUT2D eigenvalue weighted by atomic mass is 9.67. The van der Waals surface area contributed by atoms with E-state index in [1.54, 1.807) is 46.1 Å². The summed E-state index contributed by atoms with van der Waals surface area (Å²) in [5.74, 6) is -2.54. The molecule has 42 heavy (non-hydrogen) atoms. The quantitative estimate of drug-likeness (QED) is 0.320. The Hall–Kier alpha value is -4.47. The van der Waals surface area contributed by atoms with Gasteiger partial charge in [-0.25, -0.2) is 4.79 Å². The van der Waals surface area contributed by atoms with Gasteiger partial charge in [0.05, 0.1) is 47.2 Å². The molecular weight excluding hydrogens is 542 g/mol. The number of rotatable bonds is 10. The van der Waals surface area contributed by atoms with Gasteiger partial charge in [-0.15, -0.1) is 0 Å². The van der Waals surface area contributed by atoms with E-state index in [0.29, 0.717) is 46.4 Å². The number of carbonyl (C=O) groups is 3. The van der Waals surface area contributed by atoms with Crippen LogP contribution in [-0.2, 0) is 23.9 Å². The number of Topliss-reactive ketones (excluding diaryl/α,β-unsaturated/α-hetero) is 1. The highest BCUT2D eigenvalue weighted by atomic mass is 16.5. The highest BCUT2D eigenvalue weighted by Gasteiger charge is 2.49. The third kappa shape index (κ3) is 5.53. The zero-order chi connectivity index (χ0) is 30.6. The zero-order valence-corrected chi connectivity index (χ0v) is 25.0. The predicted molar refractivity (Wildman–Crippen MR) is 154 cm³/mol. The number of benzene rings is 2. The van der Waals surface area contributed by atoms with Crippen LogP contribution in [0.25, 0.3) is 0 Å². The number of carbonyl (C=O) groups excluding carboxylic acids is 3. The number of nitrogens with one attached hydrogen (secondary N) is 1. The van der Waals surface area contributed by atoms with Crippen LogP contribution in [0.3, 0.4) is 0 Å². The van der Waals surface area contributed by atoms with Crippen LogP contribution in [0.4, 0.5) is 0 Å². The van der Waals surface area contributed by atoms with Gasteiger partial charge in [0.1, 0.15) is 11.7 Å². The van der Waals surface area contributed by atoms with E-state index in [1.165, 1.54) is 21.3 Å². The van der Waals surface area contributed by atoms with Gasteiger partial charge < -0.3 is 33.7 Å². The average Bonchev–Trinajstić information content (AvgIpc) is 2.99. The molecule has 10 heteroatoms. The monoisotopic (exact) mass is 579 g/mol. The smallest absolute Gasteiger partial charge is 0.336 e. The van der Waals surface area contributed by atoms with Crippen molar-refractivity contribution in [1.29, 1.82) is 0 Å². The lowest BCUT2D eigenvalue weighted by molar-refractivity contribution is -0.152. The fourth-order valence-corrected chi connectivity index (χ4v) is 5.80. The fraction of sp³-hybridized carbons (Fsp3) is 0.406. The van der Waals surface area contributed by atoms with E-state index in [0.717, 1.165) is 5.56 Å².